The molecular formula is C22H26N4O2. The number of nitrogens with two attached hydrogens (primary N) is 1. The lowest BCUT2D eigenvalue weighted by molar-refractivity contribution is -0.116. The SMILES string of the molecule is NC1CCCCC1NC(=O)c1ccc2c(c1)NC(=O)CC(c1ccccc1)N2. The number of hydrogen-bond acceptors (Lipinski definition) is 4. The summed E-state index contributed by atoms with van der Waals surface area (Å²) in [5.74, 6) is -0.227. The van der Waals surface area contributed by atoms with Crippen LogP contribution in [0.5, 0.6) is 0 Å². The number of amides is 2. The van der Waals surface area contributed by atoms with E-state index in [9.17, 15) is 9.59 Å². The van der Waals surface area contributed by atoms with Gasteiger partial charge < -0.3 is 21.7 Å². The highest BCUT2D eigenvalue weighted by Crippen LogP contribution is 2.32. The summed E-state index contributed by atoms with van der Waals surface area (Å²) in [5, 5.41) is 9.41. The summed E-state index contributed by atoms with van der Waals surface area (Å²) in [4.78, 5) is 25.1. The third-order valence-corrected chi connectivity index (χ3v) is 5.61. The third kappa shape index (κ3) is 4.02. The average molecular weight is 378 g/mol. The number of carbonyl (C=O) groups is 2. The molecule has 1 aliphatic carbocycles. The second-order valence-electron chi connectivity index (χ2n) is 7.65. The number of rotatable bonds is 3. The summed E-state index contributed by atoms with van der Waals surface area (Å²) in [7, 11) is 0. The zero-order valence-corrected chi connectivity index (χ0v) is 15.8. The maximum atomic E-state index is 12.7. The first kappa shape index (κ1) is 18.5. The van der Waals surface area contributed by atoms with Crippen molar-refractivity contribution >= 4 is 23.2 Å². The Labute approximate surface area is 164 Å². The van der Waals surface area contributed by atoms with Crippen LogP contribution in [0.2, 0.25) is 0 Å². The van der Waals surface area contributed by atoms with Crippen molar-refractivity contribution in [2.75, 3.05) is 10.6 Å². The number of carbonyl (C=O) groups excluding carboxylic acids is 2. The molecule has 1 aliphatic heterocycles. The normalized spacial score (nSPS) is 24.3. The van der Waals surface area contributed by atoms with E-state index in [2.05, 4.69) is 16.0 Å². The third-order valence-electron chi connectivity index (χ3n) is 5.61. The molecule has 4 rings (SSSR count). The highest BCUT2D eigenvalue weighted by molar-refractivity contribution is 6.01. The van der Waals surface area contributed by atoms with Crippen molar-refractivity contribution in [3.63, 3.8) is 0 Å². The fourth-order valence-electron chi connectivity index (χ4n) is 4.02. The Morgan fingerprint density at radius 2 is 1.82 bits per heavy atom. The number of hydrogen-bond donors (Lipinski definition) is 4. The molecule has 1 saturated carbocycles. The van der Waals surface area contributed by atoms with Crippen LogP contribution in [0.1, 0.15) is 54.1 Å². The van der Waals surface area contributed by atoms with E-state index in [1.54, 1.807) is 12.1 Å². The summed E-state index contributed by atoms with van der Waals surface area (Å²) < 4.78 is 0. The summed E-state index contributed by atoms with van der Waals surface area (Å²) in [6.07, 6.45) is 4.39. The zero-order chi connectivity index (χ0) is 19.5. The minimum Gasteiger partial charge on any atom is -0.376 e. The lowest BCUT2D eigenvalue weighted by Crippen LogP contribution is -2.49. The Morgan fingerprint density at radius 1 is 1.04 bits per heavy atom. The standard InChI is InChI=1S/C22H26N4O2/c23-16-8-4-5-9-17(16)26-22(28)15-10-11-18-20(12-15)25-21(27)13-19(24-18)14-6-2-1-3-7-14/h1-3,6-7,10-12,16-17,19,24H,4-5,8-9,13,23H2,(H,25,27)(H,26,28). The molecule has 0 spiro atoms. The Bertz CT molecular complexity index is 868. The predicted octanol–water partition coefficient (Wildman–Crippen LogP) is 3.18. The minimum absolute atomic E-state index is 0.00604. The summed E-state index contributed by atoms with van der Waals surface area (Å²) in [5.41, 5.74) is 9.16. The molecular weight excluding hydrogens is 352 g/mol. The lowest BCUT2D eigenvalue weighted by Gasteiger charge is -2.29. The van der Waals surface area contributed by atoms with Gasteiger partial charge in [0, 0.05) is 17.6 Å². The average Bonchev–Trinajstić information content (AvgIpc) is 2.87. The first-order chi connectivity index (χ1) is 13.6. The molecule has 0 saturated heterocycles. The quantitative estimate of drug-likeness (QED) is 0.660. The Kier molecular flexibility index (Phi) is 5.30. The van der Waals surface area contributed by atoms with Crippen LogP contribution in [0.4, 0.5) is 11.4 Å². The van der Waals surface area contributed by atoms with Crippen LogP contribution >= 0.6 is 0 Å². The maximum Gasteiger partial charge on any atom is 0.251 e. The van der Waals surface area contributed by atoms with E-state index in [4.69, 9.17) is 5.73 Å². The van der Waals surface area contributed by atoms with Gasteiger partial charge in [-0.1, -0.05) is 43.2 Å². The number of nitrogens with one attached hydrogen (secondary N) is 3. The second-order valence-corrected chi connectivity index (χ2v) is 7.65. The molecule has 2 aromatic carbocycles. The van der Waals surface area contributed by atoms with Crippen LogP contribution in [0.3, 0.4) is 0 Å². The monoisotopic (exact) mass is 378 g/mol. The Morgan fingerprint density at radius 3 is 2.61 bits per heavy atom. The predicted molar refractivity (Wildman–Crippen MR) is 110 cm³/mol. The highest BCUT2D eigenvalue weighted by atomic mass is 16.2. The van der Waals surface area contributed by atoms with E-state index >= 15 is 0 Å². The minimum atomic E-state index is -0.150. The van der Waals surface area contributed by atoms with Crippen molar-refractivity contribution in [1.29, 1.82) is 0 Å². The molecule has 1 fully saturated rings. The molecule has 0 radical (unpaired) electrons. The van der Waals surface area contributed by atoms with Gasteiger partial charge in [0.2, 0.25) is 5.91 Å². The van der Waals surface area contributed by atoms with Gasteiger partial charge in [-0.25, -0.2) is 0 Å². The van der Waals surface area contributed by atoms with E-state index < -0.39 is 0 Å². The molecule has 5 N–H and O–H groups in total. The fourth-order valence-corrected chi connectivity index (χ4v) is 4.02. The smallest absolute Gasteiger partial charge is 0.251 e. The molecule has 2 aliphatic rings. The van der Waals surface area contributed by atoms with E-state index in [0.717, 1.165) is 36.9 Å². The van der Waals surface area contributed by atoms with Crippen molar-refractivity contribution in [1.82, 2.24) is 5.32 Å². The van der Waals surface area contributed by atoms with Gasteiger partial charge in [0.05, 0.1) is 23.8 Å². The van der Waals surface area contributed by atoms with Gasteiger partial charge in [-0.2, -0.15) is 0 Å². The molecule has 3 unspecified atom stereocenters. The van der Waals surface area contributed by atoms with E-state index in [0.29, 0.717) is 17.7 Å². The molecule has 0 aromatic heterocycles. The molecule has 3 atom stereocenters. The van der Waals surface area contributed by atoms with Crippen LogP contribution in [0, 0.1) is 0 Å². The maximum absolute atomic E-state index is 12.7. The van der Waals surface area contributed by atoms with Gasteiger partial charge in [-0.15, -0.1) is 0 Å². The van der Waals surface area contributed by atoms with Crippen molar-refractivity contribution in [2.45, 2.75) is 50.2 Å². The Balaban J connectivity index is 1.53. The fraction of sp³-hybridized carbons (Fsp3) is 0.364. The van der Waals surface area contributed by atoms with Crippen LogP contribution < -0.4 is 21.7 Å². The van der Waals surface area contributed by atoms with Crippen molar-refractivity contribution < 1.29 is 9.59 Å². The largest absolute Gasteiger partial charge is 0.376 e. The van der Waals surface area contributed by atoms with Gasteiger partial charge in [-0.05, 0) is 36.6 Å². The molecule has 1 heterocycles. The topological polar surface area (TPSA) is 96.2 Å². The molecule has 28 heavy (non-hydrogen) atoms. The number of anilines is 2. The van der Waals surface area contributed by atoms with Crippen molar-refractivity contribution in [3.8, 4) is 0 Å². The van der Waals surface area contributed by atoms with Gasteiger partial charge in [0.1, 0.15) is 0 Å². The molecule has 2 amide bonds. The number of benzene rings is 2. The molecule has 2 aromatic rings. The lowest BCUT2D eigenvalue weighted by atomic mass is 9.91. The van der Waals surface area contributed by atoms with E-state index in [1.165, 1.54) is 0 Å². The molecule has 146 valence electrons. The molecule has 0 bridgehead atoms. The van der Waals surface area contributed by atoms with Crippen LogP contribution in [0.15, 0.2) is 48.5 Å². The first-order valence-electron chi connectivity index (χ1n) is 9.92. The first-order valence-corrected chi connectivity index (χ1v) is 9.92. The number of fused-ring (bicyclic) bond motifs is 1. The second kappa shape index (κ2) is 8.02. The zero-order valence-electron chi connectivity index (χ0n) is 15.8. The molecule has 6 heteroatoms. The van der Waals surface area contributed by atoms with Gasteiger partial charge in [0.15, 0.2) is 0 Å². The van der Waals surface area contributed by atoms with Crippen LogP contribution in [0.25, 0.3) is 0 Å². The van der Waals surface area contributed by atoms with Gasteiger partial charge >= 0.3 is 0 Å². The van der Waals surface area contributed by atoms with E-state index in [1.807, 2.05) is 36.4 Å². The summed E-state index contributed by atoms with van der Waals surface area (Å²) >= 11 is 0. The molecule has 6 nitrogen and oxygen atoms in total. The Hall–Kier alpha value is -2.86. The van der Waals surface area contributed by atoms with Crippen LogP contribution in [-0.2, 0) is 4.79 Å². The summed E-state index contributed by atoms with van der Waals surface area (Å²) in [6, 6.07) is 15.2. The van der Waals surface area contributed by atoms with Crippen molar-refractivity contribution in [2.24, 2.45) is 5.73 Å². The highest BCUT2D eigenvalue weighted by Gasteiger charge is 2.25. The van der Waals surface area contributed by atoms with Gasteiger partial charge in [0.25, 0.3) is 5.91 Å². The van der Waals surface area contributed by atoms with E-state index in [-0.39, 0.29) is 29.9 Å². The van der Waals surface area contributed by atoms with Crippen LogP contribution in [-0.4, -0.2) is 23.9 Å². The van der Waals surface area contributed by atoms with Crippen molar-refractivity contribution in [3.05, 3.63) is 59.7 Å². The summed E-state index contributed by atoms with van der Waals surface area (Å²) in [6.45, 7) is 0. The van der Waals surface area contributed by atoms with Gasteiger partial charge in [-0.3, -0.25) is 9.59 Å².